The number of nitrogens with zero attached hydrogens (tertiary/aromatic N) is 3. The van der Waals surface area contributed by atoms with Crippen LogP contribution < -0.4 is 16.0 Å². The molecule has 0 aromatic carbocycles. The molecule has 1 saturated carbocycles. The molecule has 0 unspecified atom stereocenters. The fourth-order valence-corrected chi connectivity index (χ4v) is 2.46. The van der Waals surface area contributed by atoms with Gasteiger partial charge in [0, 0.05) is 18.7 Å². The van der Waals surface area contributed by atoms with Gasteiger partial charge in [0.2, 0.25) is 0 Å². The summed E-state index contributed by atoms with van der Waals surface area (Å²) in [4.78, 5) is 22.2. The summed E-state index contributed by atoms with van der Waals surface area (Å²) in [6.07, 6.45) is 4.47. The SMILES string of the molecule is N/C(C[C@@H]1Nc2cccnc2N1C1CC1)=N/OC(=O)CCl. The molecule has 2 aliphatic rings. The number of hydrogen-bond acceptors (Lipinski definition) is 6. The summed E-state index contributed by atoms with van der Waals surface area (Å²) >= 11 is 5.33. The minimum atomic E-state index is -0.622. The van der Waals surface area contributed by atoms with Gasteiger partial charge in [0.15, 0.2) is 5.82 Å². The summed E-state index contributed by atoms with van der Waals surface area (Å²) in [5.74, 6) is 0.310. The summed E-state index contributed by atoms with van der Waals surface area (Å²) in [7, 11) is 0. The normalized spacial score (nSPS) is 20.9. The average molecular weight is 310 g/mol. The zero-order valence-electron chi connectivity index (χ0n) is 11.3. The van der Waals surface area contributed by atoms with Crippen LogP contribution in [0.2, 0.25) is 0 Å². The van der Waals surface area contributed by atoms with E-state index in [2.05, 4.69) is 25.2 Å². The van der Waals surface area contributed by atoms with Gasteiger partial charge in [-0.2, -0.15) is 0 Å². The van der Waals surface area contributed by atoms with E-state index in [0.717, 1.165) is 24.3 Å². The molecular formula is C13H16ClN5O2. The van der Waals surface area contributed by atoms with Crippen molar-refractivity contribution in [1.82, 2.24) is 4.98 Å². The van der Waals surface area contributed by atoms with Crippen LogP contribution in [0.4, 0.5) is 11.5 Å². The van der Waals surface area contributed by atoms with Crippen LogP contribution in [0.5, 0.6) is 0 Å². The number of amidine groups is 1. The Morgan fingerprint density at radius 3 is 3.14 bits per heavy atom. The van der Waals surface area contributed by atoms with Crippen LogP contribution >= 0.6 is 11.6 Å². The van der Waals surface area contributed by atoms with Gasteiger partial charge in [-0.05, 0) is 25.0 Å². The second-order valence-electron chi connectivity index (χ2n) is 5.06. The van der Waals surface area contributed by atoms with E-state index in [9.17, 15) is 4.79 Å². The number of carbonyl (C=O) groups excluding carboxylic acids is 1. The highest BCUT2D eigenvalue weighted by molar-refractivity contribution is 6.26. The van der Waals surface area contributed by atoms with Gasteiger partial charge >= 0.3 is 5.97 Å². The highest BCUT2D eigenvalue weighted by Crippen LogP contribution is 2.41. The first-order valence-corrected chi connectivity index (χ1v) is 7.30. The Morgan fingerprint density at radius 2 is 2.43 bits per heavy atom. The van der Waals surface area contributed by atoms with Crippen LogP contribution in [0.25, 0.3) is 0 Å². The standard InChI is InChI=1S/C13H16ClN5O2/c14-7-12(20)21-18-10(15)6-11-17-9-2-1-5-16-13(9)19(11)8-3-4-8/h1-2,5,8,11,17H,3-4,6-7H2,(H2,15,18)/t11-/m1/s1. The number of pyridine rings is 1. The predicted octanol–water partition coefficient (Wildman–Crippen LogP) is 1.25. The average Bonchev–Trinajstić information content (AvgIpc) is 3.26. The number of carbonyl (C=O) groups is 1. The first kappa shape index (κ1) is 13.9. The molecule has 1 fully saturated rings. The van der Waals surface area contributed by atoms with Crippen LogP contribution in [0, 0.1) is 0 Å². The first-order valence-electron chi connectivity index (χ1n) is 6.77. The second-order valence-corrected chi connectivity index (χ2v) is 5.32. The van der Waals surface area contributed by atoms with Crippen molar-refractivity contribution in [2.75, 3.05) is 16.1 Å². The van der Waals surface area contributed by atoms with Gasteiger partial charge in [-0.3, -0.25) is 0 Å². The number of fused-ring (bicyclic) bond motifs is 1. The summed E-state index contributed by atoms with van der Waals surface area (Å²) in [6.45, 7) is 0. The van der Waals surface area contributed by atoms with Crippen LogP contribution in [-0.2, 0) is 9.63 Å². The number of hydrogen-bond donors (Lipinski definition) is 2. The Labute approximate surface area is 127 Å². The van der Waals surface area contributed by atoms with Gasteiger partial charge in [-0.25, -0.2) is 9.78 Å². The molecule has 1 atom stereocenters. The number of nitrogens with one attached hydrogen (secondary N) is 1. The quantitative estimate of drug-likeness (QED) is 0.279. The summed E-state index contributed by atoms with van der Waals surface area (Å²) in [5, 5.41) is 6.98. The number of rotatable bonds is 5. The Morgan fingerprint density at radius 1 is 1.62 bits per heavy atom. The van der Waals surface area contributed by atoms with Gasteiger partial charge < -0.3 is 20.8 Å². The molecule has 7 nitrogen and oxygen atoms in total. The third-order valence-corrected chi connectivity index (χ3v) is 3.62. The van der Waals surface area contributed by atoms with E-state index in [4.69, 9.17) is 17.3 Å². The molecule has 0 amide bonds. The molecule has 2 heterocycles. The Balaban J connectivity index is 1.70. The predicted molar refractivity (Wildman–Crippen MR) is 80.2 cm³/mol. The maximum atomic E-state index is 11.0. The van der Waals surface area contributed by atoms with E-state index in [1.54, 1.807) is 6.20 Å². The minimum absolute atomic E-state index is 0.0270. The lowest BCUT2D eigenvalue weighted by molar-refractivity contribution is -0.140. The monoisotopic (exact) mass is 309 g/mol. The lowest BCUT2D eigenvalue weighted by Gasteiger charge is -2.25. The van der Waals surface area contributed by atoms with Crippen molar-refractivity contribution >= 4 is 34.9 Å². The number of halogens is 1. The Bertz CT molecular complexity index is 575. The van der Waals surface area contributed by atoms with Crippen LogP contribution in [-0.4, -0.2) is 34.9 Å². The van der Waals surface area contributed by atoms with E-state index in [0.29, 0.717) is 12.5 Å². The maximum Gasteiger partial charge on any atom is 0.349 e. The molecule has 1 aliphatic carbocycles. The largest absolute Gasteiger partial charge is 0.384 e. The van der Waals surface area contributed by atoms with Crippen molar-refractivity contribution in [3.8, 4) is 0 Å². The third-order valence-electron chi connectivity index (χ3n) is 3.41. The first-order chi connectivity index (χ1) is 10.2. The molecule has 3 N–H and O–H groups in total. The van der Waals surface area contributed by atoms with E-state index >= 15 is 0 Å². The topological polar surface area (TPSA) is 92.8 Å². The number of anilines is 2. The molecule has 0 spiro atoms. The van der Waals surface area contributed by atoms with Gasteiger partial charge in [-0.15, -0.1) is 11.6 Å². The van der Waals surface area contributed by atoms with Crippen molar-refractivity contribution < 1.29 is 9.63 Å². The van der Waals surface area contributed by atoms with Crippen molar-refractivity contribution in [3.05, 3.63) is 18.3 Å². The fraction of sp³-hybridized carbons (Fsp3) is 0.462. The van der Waals surface area contributed by atoms with Crippen molar-refractivity contribution in [1.29, 1.82) is 0 Å². The minimum Gasteiger partial charge on any atom is -0.384 e. The molecule has 1 aromatic rings. The molecular weight excluding hydrogens is 294 g/mol. The van der Waals surface area contributed by atoms with Gasteiger partial charge in [0.1, 0.15) is 17.9 Å². The number of aromatic nitrogens is 1. The van der Waals surface area contributed by atoms with Gasteiger partial charge in [0.05, 0.1) is 5.69 Å². The van der Waals surface area contributed by atoms with E-state index in [1.165, 1.54) is 0 Å². The molecule has 1 aliphatic heterocycles. The highest BCUT2D eigenvalue weighted by atomic mass is 35.5. The highest BCUT2D eigenvalue weighted by Gasteiger charge is 2.40. The maximum absolute atomic E-state index is 11.0. The Kier molecular flexibility index (Phi) is 3.83. The molecule has 1 aromatic heterocycles. The lowest BCUT2D eigenvalue weighted by Crippen LogP contribution is -2.40. The zero-order chi connectivity index (χ0) is 14.8. The second kappa shape index (κ2) is 5.77. The molecule has 0 saturated heterocycles. The number of oxime groups is 1. The van der Waals surface area contributed by atoms with E-state index in [-0.39, 0.29) is 17.9 Å². The number of alkyl halides is 1. The molecule has 3 rings (SSSR count). The fourth-order valence-electron chi connectivity index (χ4n) is 2.41. The van der Waals surface area contributed by atoms with Gasteiger partial charge in [0.25, 0.3) is 0 Å². The molecule has 0 radical (unpaired) electrons. The van der Waals surface area contributed by atoms with Gasteiger partial charge in [-0.1, -0.05) is 5.16 Å². The molecule has 21 heavy (non-hydrogen) atoms. The van der Waals surface area contributed by atoms with Crippen molar-refractivity contribution in [3.63, 3.8) is 0 Å². The van der Waals surface area contributed by atoms with Crippen molar-refractivity contribution in [2.45, 2.75) is 31.5 Å². The Hall–Kier alpha value is -2.02. The lowest BCUT2D eigenvalue weighted by atomic mass is 10.3. The molecule has 8 heteroatoms. The van der Waals surface area contributed by atoms with E-state index in [1.807, 2.05) is 12.1 Å². The number of nitrogens with two attached hydrogens (primary N) is 1. The summed E-state index contributed by atoms with van der Waals surface area (Å²) in [6, 6.07) is 4.36. The van der Waals surface area contributed by atoms with Crippen LogP contribution in [0.3, 0.4) is 0 Å². The summed E-state index contributed by atoms with van der Waals surface area (Å²) < 4.78 is 0. The van der Waals surface area contributed by atoms with Crippen LogP contribution in [0.15, 0.2) is 23.5 Å². The smallest absolute Gasteiger partial charge is 0.349 e. The molecule has 112 valence electrons. The van der Waals surface area contributed by atoms with Crippen LogP contribution in [0.1, 0.15) is 19.3 Å². The third kappa shape index (κ3) is 3.02. The molecule has 0 bridgehead atoms. The summed E-state index contributed by atoms with van der Waals surface area (Å²) in [5.41, 5.74) is 6.80. The zero-order valence-corrected chi connectivity index (χ0v) is 12.1. The van der Waals surface area contributed by atoms with E-state index < -0.39 is 5.97 Å². The van der Waals surface area contributed by atoms with Crippen molar-refractivity contribution in [2.24, 2.45) is 10.9 Å².